The van der Waals surface area contributed by atoms with E-state index >= 15 is 0 Å². The molecule has 0 fully saturated rings. The van der Waals surface area contributed by atoms with Crippen LogP contribution in [0.4, 0.5) is 8.78 Å². The number of ether oxygens (including phenoxy) is 1. The summed E-state index contributed by atoms with van der Waals surface area (Å²) in [5.74, 6) is -1.83. The molecule has 0 radical (unpaired) electrons. The average Bonchev–Trinajstić information content (AvgIpc) is 2.42. The van der Waals surface area contributed by atoms with Crippen LogP contribution in [0.1, 0.15) is 15.9 Å². The quantitative estimate of drug-likeness (QED) is 0.589. The summed E-state index contributed by atoms with van der Waals surface area (Å²) in [5, 5.41) is -0.368. The molecule has 0 aliphatic carbocycles. The lowest BCUT2D eigenvalue weighted by molar-refractivity contribution is 0.103. The minimum absolute atomic E-state index is 0.200. The molecule has 0 saturated carbocycles. The largest absolute Gasteiger partial charge is 0.497 e. The van der Waals surface area contributed by atoms with Gasteiger partial charge in [-0.1, -0.05) is 11.6 Å². The fourth-order valence-electron chi connectivity index (χ4n) is 1.65. The van der Waals surface area contributed by atoms with E-state index < -0.39 is 17.4 Å². The third-order valence-corrected chi connectivity index (χ3v) is 3.62. The number of hydrogen-bond acceptors (Lipinski definition) is 2. The van der Waals surface area contributed by atoms with Gasteiger partial charge in [0.1, 0.15) is 17.4 Å². The van der Waals surface area contributed by atoms with Crippen molar-refractivity contribution < 1.29 is 18.3 Å². The van der Waals surface area contributed by atoms with Gasteiger partial charge in [0.2, 0.25) is 0 Å². The van der Waals surface area contributed by atoms with Crippen LogP contribution in [-0.2, 0) is 0 Å². The average molecular weight is 362 g/mol. The molecule has 0 atom stereocenters. The van der Waals surface area contributed by atoms with Gasteiger partial charge >= 0.3 is 0 Å². The van der Waals surface area contributed by atoms with Crippen LogP contribution in [-0.4, -0.2) is 12.9 Å². The normalized spacial score (nSPS) is 10.4. The lowest BCUT2D eigenvalue weighted by Crippen LogP contribution is -2.06. The van der Waals surface area contributed by atoms with Gasteiger partial charge in [0.15, 0.2) is 5.78 Å². The molecule has 0 bridgehead atoms. The summed E-state index contributed by atoms with van der Waals surface area (Å²) in [6.45, 7) is 0. The molecule has 2 nitrogen and oxygen atoms in total. The molecule has 2 aromatic carbocycles. The number of carbonyl (C=O) groups excluding carboxylic acids is 1. The highest BCUT2D eigenvalue weighted by molar-refractivity contribution is 9.10. The maximum Gasteiger partial charge on any atom is 0.197 e. The molecule has 0 N–H and O–H groups in total. The van der Waals surface area contributed by atoms with Gasteiger partial charge in [-0.25, -0.2) is 8.78 Å². The molecule has 0 aromatic heterocycles. The number of halogens is 4. The Morgan fingerprint density at radius 3 is 2.45 bits per heavy atom. The molecule has 6 heteroatoms. The Balaban J connectivity index is 2.49. The molecule has 2 rings (SSSR count). The van der Waals surface area contributed by atoms with Crippen LogP contribution in [0, 0.1) is 11.6 Å². The summed E-state index contributed by atoms with van der Waals surface area (Å²) >= 11 is 8.66. The van der Waals surface area contributed by atoms with Crippen LogP contribution in [0.5, 0.6) is 5.75 Å². The topological polar surface area (TPSA) is 26.3 Å². The van der Waals surface area contributed by atoms with Crippen molar-refractivity contribution in [1.29, 1.82) is 0 Å². The van der Waals surface area contributed by atoms with Crippen molar-refractivity contribution in [1.82, 2.24) is 0 Å². The van der Waals surface area contributed by atoms with Gasteiger partial charge in [-0.3, -0.25) is 4.79 Å². The van der Waals surface area contributed by atoms with E-state index in [1.165, 1.54) is 13.2 Å². The molecule has 104 valence electrons. The second-order valence-corrected chi connectivity index (χ2v) is 5.18. The molecule has 0 saturated heterocycles. The fraction of sp³-hybridized carbons (Fsp3) is 0.0714. The molecule has 0 unspecified atom stereocenters. The Kier molecular flexibility index (Phi) is 4.40. The minimum Gasteiger partial charge on any atom is -0.497 e. The Hall–Kier alpha value is -1.46. The lowest BCUT2D eigenvalue weighted by atomic mass is 10.0. The van der Waals surface area contributed by atoms with Crippen molar-refractivity contribution in [2.45, 2.75) is 0 Å². The van der Waals surface area contributed by atoms with Gasteiger partial charge in [-0.05, 0) is 46.3 Å². The van der Waals surface area contributed by atoms with Crippen LogP contribution in [0.25, 0.3) is 0 Å². The summed E-state index contributed by atoms with van der Waals surface area (Å²) in [7, 11) is 1.48. The van der Waals surface area contributed by atoms with Crippen molar-refractivity contribution in [3.05, 3.63) is 62.6 Å². The predicted molar refractivity (Wildman–Crippen MR) is 75.5 cm³/mol. The zero-order chi connectivity index (χ0) is 14.9. The molecule has 0 aliphatic heterocycles. The number of ketones is 1. The monoisotopic (exact) mass is 360 g/mol. The number of rotatable bonds is 3. The SMILES string of the molecule is COc1ccc(C(=O)c2cc(F)c(Cl)cc2F)c(Br)c1. The molecule has 0 amide bonds. The smallest absolute Gasteiger partial charge is 0.197 e. The van der Waals surface area contributed by atoms with E-state index in [-0.39, 0.29) is 16.1 Å². The number of carbonyl (C=O) groups is 1. The Labute approximate surface area is 127 Å². The first-order chi connectivity index (χ1) is 9.43. The summed E-state index contributed by atoms with van der Waals surface area (Å²) in [6, 6.07) is 6.16. The van der Waals surface area contributed by atoms with Crippen molar-refractivity contribution in [3.63, 3.8) is 0 Å². The first-order valence-electron chi connectivity index (χ1n) is 5.47. The van der Waals surface area contributed by atoms with E-state index in [2.05, 4.69) is 15.9 Å². The van der Waals surface area contributed by atoms with E-state index in [9.17, 15) is 13.6 Å². The predicted octanol–water partition coefficient (Wildman–Crippen LogP) is 4.62. The van der Waals surface area contributed by atoms with Crippen LogP contribution in [0.2, 0.25) is 5.02 Å². The Bertz CT molecular complexity index is 689. The van der Waals surface area contributed by atoms with E-state index in [4.69, 9.17) is 16.3 Å². The second-order valence-electron chi connectivity index (χ2n) is 3.92. The van der Waals surface area contributed by atoms with E-state index in [0.29, 0.717) is 10.2 Å². The summed E-state index contributed by atoms with van der Waals surface area (Å²) in [5.41, 5.74) is -0.177. The summed E-state index contributed by atoms with van der Waals surface area (Å²) in [6.07, 6.45) is 0. The molecule has 0 aliphatic rings. The number of hydrogen-bond donors (Lipinski definition) is 0. The summed E-state index contributed by atoms with van der Waals surface area (Å²) < 4.78 is 32.5. The number of methoxy groups -OCH3 is 1. The third-order valence-electron chi connectivity index (χ3n) is 2.68. The third kappa shape index (κ3) is 2.83. The van der Waals surface area contributed by atoms with E-state index in [1.807, 2.05) is 0 Å². The highest BCUT2D eigenvalue weighted by Crippen LogP contribution is 2.27. The zero-order valence-corrected chi connectivity index (χ0v) is 12.6. The van der Waals surface area contributed by atoms with E-state index in [1.54, 1.807) is 12.1 Å². The highest BCUT2D eigenvalue weighted by Gasteiger charge is 2.19. The first kappa shape index (κ1) is 14.9. The first-order valence-corrected chi connectivity index (χ1v) is 6.64. The molecule has 2 aromatic rings. The Morgan fingerprint density at radius 1 is 1.15 bits per heavy atom. The van der Waals surface area contributed by atoms with Gasteiger partial charge < -0.3 is 4.74 Å². The van der Waals surface area contributed by atoms with Crippen LogP contribution < -0.4 is 4.74 Å². The molecule has 0 spiro atoms. The van der Waals surface area contributed by atoms with Crippen molar-refractivity contribution in [2.24, 2.45) is 0 Å². The number of benzene rings is 2. The van der Waals surface area contributed by atoms with Crippen molar-refractivity contribution in [2.75, 3.05) is 7.11 Å². The van der Waals surface area contributed by atoms with Crippen molar-refractivity contribution >= 4 is 33.3 Å². The maximum atomic E-state index is 13.7. The molecular weight excluding hydrogens is 354 g/mol. The van der Waals surface area contributed by atoms with Gasteiger partial charge in [-0.15, -0.1) is 0 Å². The lowest BCUT2D eigenvalue weighted by Gasteiger charge is -2.08. The van der Waals surface area contributed by atoms with Crippen LogP contribution in [0.15, 0.2) is 34.8 Å². The zero-order valence-electron chi connectivity index (χ0n) is 10.2. The molecular formula is C14H8BrClF2O2. The van der Waals surface area contributed by atoms with Gasteiger partial charge in [0.05, 0.1) is 17.7 Å². The van der Waals surface area contributed by atoms with Gasteiger partial charge in [0.25, 0.3) is 0 Å². The standard InChI is InChI=1S/C14H8BrClF2O2/c1-20-7-2-3-8(10(15)4-7)14(19)9-5-13(18)11(16)6-12(9)17/h2-6H,1H3. The molecule has 0 heterocycles. The van der Waals surface area contributed by atoms with Crippen molar-refractivity contribution in [3.8, 4) is 5.75 Å². The Morgan fingerprint density at radius 2 is 1.85 bits per heavy atom. The minimum atomic E-state index is -0.871. The van der Waals surface area contributed by atoms with E-state index in [0.717, 1.165) is 12.1 Å². The van der Waals surface area contributed by atoms with Crippen LogP contribution >= 0.6 is 27.5 Å². The van der Waals surface area contributed by atoms with Gasteiger partial charge in [0, 0.05) is 10.0 Å². The maximum absolute atomic E-state index is 13.7. The fourth-order valence-corrected chi connectivity index (χ4v) is 2.34. The van der Waals surface area contributed by atoms with Gasteiger partial charge in [-0.2, -0.15) is 0 Å². The van der Waals surface area contributed by atoms with Crippen LogP contribution in [0.3, 0.4) is 0 Å². The summed E-state index contributed by atoms with van der Waals surface area (Å²) in [4.78, 5) is 12.2. The second kappa shape index (κ2) is 5.89. The molecule has 20 heavy (non-hydrogen) atoms. The highest BCUT2D eigenvalue weighted by atomic mass is 79.9.